The smallest absolute Gasteiger partial charge is 0.250 e. The number of aryl methyl sites for hydroxylation is 2. The zero-order chi connectivity index (χ0) is 17.8. The predicted octanol–water partition coefficient (Wildman–Crippen LogP) is 5.22. The van der Waals surface area contributed by atoms with E-state index in [-0.39, 0.29) is 11.7 Å². The minimum Gasteiger partial charge on any atom is -0.298 e. The van der Waals surface area contributed by atoms with Gasteiger partial charge in [-0.2, -0.15) is 0 Å². The quantitative estimate of drug-likeness (QED) is 0.654. The van der Waals surface area contributed by atoms with Gasteiger partial charge in [-0.3, -0.25) is 10.1 Å². The van der Waals surface area contributed by atoms with Crippen LogP contribution in [-0.2, 0) is 4.79 Å². The van der Waals surface area contributed by atoms with Crippen LogP contribution in [0.25, 0.3) is 17.3 Å². The molecule has 1 heterocycles. The number of halogens is 1. The third-order valence-corrected chi connectivity index (χ3v) is 4.46. The molecule has 0 saturated heterocycles. The highest BCUT2D eigenvalue weighted by Crippen LogP contribution is 2.28. The highest BCUT2D eigenvalue weighted by molar-refractivity contribution is 7.14. The summed E-state index contributed by atoms with van der Waals surface area (Å²) in [6.45, 7) is 4.08. The summed E-state index contributed by atoms with van der Waals surface area (Å²) in [4.78, 5) is 16.5. The summed E-state index contributed by atoms with van der Waals surface area (Å²) in [5, 5.41) is 5.23. The van der Waals surface area contributed by atoms with Crippen LogP contribution in [0.3, 0.4) is 0 Å². The minimum absolute atomic E-state index is 0.272. The van der Waals surface area contributed by atoms with Crippen LogP contribution >= 0.6 is 11.3 Å². The molecule has 0 fully saturated rings. The van der Waals surface area contributed by atoms with E-state index in [2.05, 4.69) is 28.5 Å². The van der Waals surface area contributed by atoms with Gasteiger partial charge in [0.1, 0.15) is 5.82 Å². The van der Waals surface area contributed by atoms with Gasteiger partial charge in [0.25, 0.3) is 0 Å². The lowest BCUT2D eigenvalue weighted by atomic mass is 10.0. The SMILES string of the molecule is Cc1ccc(C)c(-c2csc(NC(=O)/C=C/c3ccc(F)cc3)n2)c1. The van der Waals surface area contributed by atoms with Gasteiger partial charge in [-0.25, -0.2) is 9.37 Å². The maximum Gasteiger partial charge on any atom is 0.250 e. The molecule has 1 aromatic heterocycles. The first-order valence-electron chi connectivity index (χ1n) is 7.79. The number of carbonyl (C=O) groups excluding carboxylic acids is 1. The normalized spacial score (nSPS) is 11.0. The molecule has 0 radical (unpaired) electrons. The highest BCUT2D eigenvalue weighted by atomic mass is 32.1. The molecule has 0 aliphatic heterocycles. The molecule has 0 bridgehead atoms. The van der Waals surface area contributed by atoms with Crippen molar-refractivity contribution in [1.82, 2.24) is 4.98 Å². The fourth-order valence-corrected chi connectivity index (χ4v) is 3.07. The first kappa shape index (κ1) is 17.0. The Kier molecular flexibility index (Phi) is 5.05. The number of hydrogen-bond acceptors (Lipinski definition) is 3. The number of amides is 1. The average molecular weight is 352 g/mol. The first-order valence-corrected chi connectivity index (χ1v) is 8.67. The largest absolute Gasteiger partial charge is 0.298 e. The number of rotatable bonds is 4. The average Bonchev–Trinajstić information content (AvgIpc) is 3.05. The Bertz CT molecular complexity index is 929. The third-order valence-electron chi connectivity index (χ3n) is 3.70. The molecule has 3 rings (SSSR count). The Labute approximate surface area is 149 Å². The third kappa shape index (κ3) is 4.39. The van der Waals surface area contributed by atoms with Gasteiger partial charge in [0.2, 0.25) is 5.91 Å². The van der Waals surface area contributed by atoms with Gasteiger partial charge < -0.3 is 0 Å². The van der Waals surface area contributed by atoms with Crippen molar-refractivity contribution in [1.29, 1.82) is 0 Å². The Hall–Kier alpha value is -2.79. The topological polar surface area (TPSA) is 42.0 Å². The molecule has 0 atom stereocenters. The molecular weight excluding hydrogens is 335 g/mol. The molecule has 0 unspecified atom stereocenters. The molecule has 3 aromatic rings. The summed E-state index contributed by atoms with van der Waals surface area (Å²) in [7, 11) is 0. The number of thiazole rings is 1. The zero-order valence-corrected chi connectivity index (χ0v) is 14.7. The Balaban J connectivity index is 1.69. The summed E-state index contributed by atoms with van der Waals surface area (Å²) in [5.74, 6) is -0.574. The van der Waals surface area contributed by atoms with E-state index < -0.39 is 0 Å². The van der Waals surface area contributed by atoms with Crippen LogP contribution < -0.4 is 5.32 Å². The number of nitrogens with one attached hydrogen (secondary N) is 1. The number of aromatic nitrogens is 1. The van der Waals surface area contributed by atoms with Crippen LogP contribution in [0.2, 0.25) is 0 Å². The molecule has 0 aliphatic rings. The molecule has 0 saturated carbocycles. The van der Waals surface area contributed by atoms with E-state index in [4.69, 9.17) is 0 Å². The molecule has 0 aliphatic carbocycles. The molecular formula is C20H17FN2OS. The molecule has 25 heavy (non-hydrogen) atoms. The van der Waals surface area contributed by atoms with E-state index in [0.29, 0.717) is 5.13 Å². The van der Waals surface area contributed by atoms with E-state index in [1.54, 1.807) is 18.2 Å². The van der Waals surface area contributed by atoms with E-state index >= 15 is 0 Å². The van der Waals surface area contributed by atoms with Gasteiger partial charge >= 0.3 is 0 Å². The van der Waals surface area contributed by atoms with Crippen molar-refractivity contribution in [2.24, 2.45) is 0 Å². The predicted molar refractivity (Wildman–Crippen MR) is 101 cm³/mol. The van der Waals surface area contributed by atoms with Gasteiger partial charge in [0, 0.05) is 17.0 Å². The second kappa shape index (κ2) is 7.40. The van der Waals surface area contributed by atoms with Gasteiger partial charge in [-0.05, 0) is 49.2 Å². The minimum atomic E-state index is -0.302. The van der Waals surface area contributed by atoms with E-state index in [1.807, 2.05) is 19.2 Å². The molecule has 0 spiro atoms. The first-order chi connectivity index (χ1) is 12.0. The van der Waals surface area contributed by atoms with Crippen molar-refractivity contribution in [2.45, 2.75) is 13.8 Å². The van der Waals surface area contributed by atoms with E-state index in [9.17, 15) is 9.18 Å². The summed E-state index contributed by atoms with van der Waals surface area (Å²) in [6.07, 6.45) is 3.04. The number of hydrogen-bond donors (Lipinski definition) is 1. The lowest BCUT2D eigenvalue weighted by Crippen LogP contribution is -2.07. The fraction of sp³-hybridized carbons (Fsp3) is 0.100. The van der Waals surface area contributed by atoms with Crippen molar-refractivity contribution in [3.05, 3.63) is 76.4 Å². The summed E-state index contributed by atoms with van der Waals surface area (Å²) in [5.41, 5.74) is 4.99. The van der Waals surface area contributed by atoms with Crippen molar-refractivity contribution < 1.29 is 9.18 Å². The second-order valence-electron chi connectivity index (χ2n) is 5.73. The molecule has 3 nitrogen and oxygen atoms in total. The van der Waals surface area contributed by atoms with Gasteiger partial charge in [0.15, 0.2) is 5.13 Å². The zero-order valence-electron chi connectivity index (χ0n) is 13.9. The Morgan fingerprint density at radius 1 is 1.16 bits per heavy atom. The molecule has 1 amide bonds. The van der Waals surface area contributed by atoms with Crippen molar-refractivity contribution in [2.75, 3.05) is 5.32 Å². The fourth-order valence-electron chi connectivity index (χ4n) is 2.36. The molecule has 5 heteroatoms. The monoisotopic (exact) mass is 352 g/mol. The molecule has 2 aromatic carbocycles. The maximum atomic E-state index is 12.9. The summed E-state index contributed by atoms with van der Waals surface area (Å²) in [6, 6.07) is 12.2. The van der Waals surface area contributed by atoms with Crippen molar-refractivity contribution in [3.63, 3.8) is 0 Å². The van der Waals surface area contributed by atoms with Crippen LogP contribution in [0.15, 0.2) is 53.9 Å². The Morgan fingerprint density at radius 2 is 1.92 bits per heavy atom. The maximum absolute atomic E-state index is 12.9. The van der Waals surface area contributed by atoms with Gasteiger partial charge in [-0.1, -0.05) is 29.8 Å². The van der Waals surface area contributed by atoms with Crippen LogP contribution in [0, 0.1) is 19.7 Å². The summed E-state index contributed by atoms with van der Waals surface area (Å²) < 4.78 is 12.9. The lowest BCUT2D eigenvalue weighted by Gasteiger charge is -2.03. The second-order valence-corrected chi connectivity index (χ2v) is 6.59. The number of benzene rings is 2. The van der Waals surface area contributed by atoms with Crippen LogP contribution in [0.4, 0.5) is 9.52 Å². The molecule has 126 valence electrons. The van der Waals surface area contributed by atoms with Crippen LogP contribution in [0.1, 0.15) is 16.7 Å². The lowest BCUT2D eigenvalue weighted by molar-refractivity contribution is -0.111. The van der Waals surface area contributed by atoms with Crippen molar-refractivity contribution >= 4 is 28.5 Å². The summed E-state index contributed by atoms with van der Waals surface area (Å²) >= 11 is 1.38. The van der Waals surface area contributed by atoms with Crippen LogP contribution in [0.5, 0.6) is 0 Å². The highest BCUT2D eigenvalue weighted by Gasteiger charge is 2.09. The van der Waals surface area contributed by atoms with E-state index in [0.717, 1.165) is 22.4 Å². The Morgan fingerprint density at radius 3 is 2.68 bits per heavy atom. The van der Waals surface area contributed by atoms with Crippen LogP contribution in [-0.4, -0.2) is 10.9 Å². The number of carbonyl (C=O) groups is 1. The number of anilines is 1. The van der Waals surface area contributed by atoms with Gasteiger partial charge in [0.05, 0.1) is 5.69 Å². The molecule has 1 N–H and O–H groups in total. The van der Waals surface area contributed by atoms with Gasteiger partial charge in [-0.15, -0.1) is 11.3 Å². The van der Waals surface area contributed by atoms with Crippen molar-refractivity contribution in [3.8, 4) is 11.3 Å². The van der Waals surface area contributed by atoms with E-state index in [1.165, 1.54) is 35.1 Å². The number of nitrogens with zero attached hydrogens (tertiary/aromatic N) is 1. The standard InChI is InChI=1S/C20H17FN2OS/c1-13-3-4-14(2)17(11-13)18-12-25-20(22-18)23-19(24)10-7-15-5-8-16(21)9-6-15/h3-12H,1-2H3,(H,22,23,24)/b10-7+.